The van der Waals surface area contributed by atoms with Crippen molar-refractivity contribution in [3.05, 3.63) is 76.3 Å². The minimum absolute atomic E-state index is 0.00623. The number of para-hydroxylation sites is 1. The van der Waals surface area contributed by atoms with Gasteiger partial charge in [-0.1, -0.05) is 42.5 Å². The first-order valence-corrected chi connectivity index (χ1v) is 7.95. The van der Waals surface area contributed by atoms with Crippen molar-refractivity contribution >= 4 is 22.7 Å². The molecule has 1 aliphatic heterocycles. The van der Waals surface area contributed by atoms with Crippen LogP contribution in [0, 0.1) is 0 Å². The first-order valence-electron chi connectivity index (χ1n) is 7.95. The molecule has 0 fully saturated rings. The Labute approximate surface area is 143 Å². The molecule has 1 aliphatic rings. The van der Waals surface area contributed by atoms with Gasteiger partial charge in [0.2, 0.25) is 5.82 Å². The van der Waals surface area contributed by atoms with Crippen molar-refractivity contribution in [1.29, 1.82) is 0 Å². The number of imide groups is 1. The molecule has 124 valence electrons. The Bertz CT molecular complexity index is 1060. The quantitative estimate of drug-likeness (QED) is 0.670. The van der Waals surface area contributed by atoms with Crippen molar-refractivity contribution in [1.82, 2.24) is 14.5 Å². The highest BCUT2D eigenvalue weighted by atomic mass is 16.2. The second-order valence-electron chi connectivity index (χ2n) is 6.04. The van der Waals surface area contributed by atoms with E-state index in [1.54, 1.807) is 24.3 Å². The zero-order valence-corrected chi connectivity index (χ0v) is 13.5. The first-order chi connectivity index (χ1) is 12.1. The topological polar surface area (TPSA) is 72.3 Å². The van der Waals surface area contributed by atoms with Gasteiger partial charge in [-0.05, 0) is 17.7 Å². The number of likely N-dealkylation sites (N-methyl/N-ethyl adjacent to an activating group) is 1. The summed E-state index contributed by atoms with van der Waals surface area (Å²) in [4.78, 5) is 43.6. The molecule has 2 heterocycles. The van der Waals surface area contributed by atoms with Gasteiger partial charge in [-0.15, -0.1) is 0 Å². The average Bonchev–Trinajstić information content (AvgIpc) is 2.64. The molecule has 0 N–H and O–H groups in total. The molecule has 2 amide bonds. The summed E-state index contributed by atoms with van der Waals surface area (Å²) >= 11 is 0. The first kappa shape index (κ1) is 15.3. The van der Waals surface area contributed by atoms with Crippen LogP contribution in [0.4, 0.5) is 0 Å². The summed E-state index contributed by atoms with van der Waals surface area (Å²) in [5.41, 5.74) is 0.999. The average molecular weight is 333 g/mol. The smallest absolute Gasteiger partial charge is 0.277 e. The molecule has 3 aromatic rings. The Kier molecular flexibility index (Phi) is 3.46. The van der Waals surface area contributed by atoms with Crippen molar-refractivity contribution in [3.8, 4) is 0 Å². The number of hydrogen-bond donors (Lipinski definition) is 0. The predicted molar refractivity (Wildman–Crippen MR) is 92.3 cm³/mol. The molecule has 25 heavy (non-hydrogen) atoms. The van der Waals surface area contributed by atoms with E-state index in [-0.39, 0.29) is 11.4 Å². The third-order valence-corrected chi connectivity index (χ3v) is 4.50. The van der Waals surface area contributed by atoms with E-state index < -0.39 is 17.9 Å². The van der Waals surface area contributed by atoms with Gasteiger partial charge in [0.05, 0.1) is 10.9 Å². The Hall–Kier alpha value is -3.28. The minimum Gasteiger partial charge on any atom is -0.277 e. The van der Waals surface area contributed by atoms with Gasteiger partial charge >= 0.3 is 0 Å². The lowest BCUT2D eigenvalue weighted by atomic mass is 10.0. The maximum absolute atomic E-state index is 13.0. The maximum Gasteiger partial charge on any atom is 0.296 e. The van der Waals surface area contributed by atoms with Gasteiger partial charge in [-0.25, -0.2) is 4.98 Å². The standard InChI is InChI=1S/C19H15N3O3/c1-21-18(24)15(11-12-7-3-2-4-8-12)22-16(19(21)25)20-14-10-6-5-9-13(14)17(22)23/h2-10,15H,11H2,1H3/t15-/m0/s1. The zero-order chi connectivity index (χ0) is 17.6. The summed E-state index contributed by atoms with van der Waals surface area (Å²) in [6.45, 7) is 0. The Morgan fingerprint density at radius 1 is 0.960 bits per heavy atom. The van der Waals surface area contributed by atoms with Crippen LogP contribution < -0.4 is 5.56 Å². The van der Waals surface area contributed by atoms with Crippen LogP contribution in [0.2, 0.25) is 0 Å². The molecule has 0 saturated carbocycles. The second kappa shape index (κ2) is 5.66. The number of hydrogen-bond acceptors (Lipinski definition) is 4. The van der Waals surface area contributed by atoms with E-state index in [4.69, 9.17) is 0 Å². The van der Waals surface area contributed by atoms with Crippen molar-refractivity contribution in [3.63, 3.8) is 0 Å². The maximum atomic E-state index is 13.0. The van der Waals surface area contributed by atoms with Gasteiger partial charge in [0, 0.05) is 13.5 Å². The molecule has 6 heteroatoms. The summed E-state index contributed by atoms with van der Waals surface area (Å²) in [7, 11) is 1.42. The summed E-state index contributed by atoms with van der Waals surface area (Å²) < 4.78 is 1.25. The Balaban J connectivity index is 1.96. The van der Waals surface area contributed by atoms with E-state index in [0.29, 0.717) is 17.3 Å². The Morgan fingerprint density at radius 2 is 1.64 bits per heavy atom. The molecular weight excluding hydrogens is 318 g/mol. The van der Waals surface area contributed by atoms with Crippen LogP contribution in [0.25, 0.3) is 10.9 Å². The highest BCUT2D eigenvalue weighted by molar-refractivity contribution is 6.07. The molecule has 1 aromatic heterocycles. The molecule has 4 rings (SSSR count). The summed E-state index contributed by atoms with van der Waals surface area (Å²) in [6.07, 6.45) is 0.324. The van der Waals surface area contributed by atoms with Crippen molar-refractivity contribution in [2.75, 3.05) is 7.05 Å². The fraction of sp³-hybridized carbons (Fsp3) is 0.158. The van der Waals surface area contributed by atoms with Gasteiger partial charge in [0.15, 0.2) is 0 Å². The highest BCUT2D eigenvalue weighted by Gasteiger charge is 2.38. The minimum atomic E-state index is -0.787. The molecule has 0 unspecified atom stereocenters. The lowest BCUT2D eigenvalue weighted by molar-refractivity contribution is -0.132. The van der Waals surface area contributed by atoms with E-state index in [1.807, 2.05) is 30.3 Å². The van der Waals surface area contributed by atoms with Crippen LogP contribution in [-0.4, -0.2) is 33.3 Å². The predicted octanol–water partition coefficient (Wildman–Crippen LogP) is 1.79. The van der Waals surface area contributed by atoms with Gasteiger partial charge in [-0.3, -0.25) is 23.9 Å². The highest BCUT2D eigenvalue weighted by Crippen LogP contribution is 2.24. The van der Waals surface area contributed by atoms with Crippen molar-refractivity contribution in [2.24, 2.45) is 0 Å². The van der Waals surface area contributed by atoms with Crippen molar-refractivity contribution < 1.29 is 9.59 Å². The molecular formula is C19H15N3O3. The number of aromatic nitrogens is 2. The van der Waals surface area contributed by atoms with Crippen LogP contribution in [0.1, 0.15) is 22.2 Å². The van der Waals surface area contributed by atoms with E-state index in [2.05, 4.69) is 4.98 Å². The molecule has 1 atom stereocenters. The molecule has 0 bridgehead atoms. The number of rotatable bonds is 2. The normalized spacial score (nSPS) is 17.0. The van der Waals surface area contributed by atoms with E-state index in [0.717, 1.165) is 10.5 Å². The van der Waals surface area contributed by atoms with Gasteiger partial charge in [0.1, 0.15) is 6.04 Å². The third-order valence-electron chi connectivity index (χ3n) is 4.50. The van der Waals surface area contributed by atoms with Gasteiger partial charge in [0.25, 0.3) is 17.4 Å². The molecule has 0 spiro atoms. The molecule has 2 aromatic carbocycles. The van der Waals surface area contributed by atoms with E-state index in [9.17, 15) is 14.4 Å². The zero-order valence-electron chi connectivity index (χ0n) is 13.5. The number of carbonyl (C=O) groups excluding carboxylic acids is 2. The van der Waals surface area contributed by atoms with E-state index >= 15 is 0 Å². The molecule has 0 radical (unpaired) electrons. The molecule has 6 nitrogen and oxygen atoms in total. The number of amides is 2. The fourth-order valence-electron chi connectivity index (χ4n) is 3.19. The number of fused-ring (bicyclic) bond motifs is 2. The van der Waals surface area contributed by atoms with Crippen LogP contribution in [-0.2, 0) is 11.2 Å². The van der Waals surface area contributed by atoms with Crippen LogP contribution in [0.5, 0.6) is 0 Å². The van der Waals surface area contributed by atoms with Crippen molar-refractivity contribution in [2.45, 2.75) is 12.5 Å². The largest absolute Gasteiger partial charge is 0.296 e. The van der Waals surface area contributed by atoms with Crippen LogP contribution in [0.3, 0.4) is 0 Å². The molecule has 0 saturated heterocycles. The fourth-order valence-corrected chi connectivity index (χ4v) is 3.19. The monoisotopic (exact) mass is 333 g/mol. The SMILES string of the molecule is CN1C(=O)c2nc3ccccc3c(=O)n2[C@@H](Cc2ccccc2)C1=O. The van der Waals surface area contributed by atoms with Crippen LogP contribution in [0.15, 0.2) is 59.4 Å². The second-order valence-corrected chi connectivity index (χ2v) is 6.04. The summed E-state index contributed by atoms with van der Waals surface area (Å²) in [6, 6.07) is 15.5. The van der Waals surface area contributed by atoms with E-state index in [1.165, 1.54) is 11.6 Å². The Morgan fingerprint density at radius 3 is 2.40 bits per heavy atom. The number of benzene rings is 2. The third kappa shape index (κ3) is 2.34. The van der Waals surface area contributed by atoms with Gasteiger partial charge in [-0.2, -0.15) is 0 Å². The lowest BCUT2D eigenvalue weighted by Crippen LogP contribution is -2.50. The summed E-state index contributed by atoms with van der Waals surface area (Å²) in [5.74, 6) is -0.954. The molecule has 0 aliphatic carbocycles. The number of nitrogens with zero attached hydrogens (tertiary/aromatic N) is 3. The summed E-state index contributed by atoms with van der Waals surface area (Å²) in [5, 5.41) is 0.398. The lowest BCUT2D eigenvalue weighted by Gasteiger charge is -2.31. The number of carbonyl (C=O) groups is 2. The van der Waals surface area contributed by atoms with Gasteiger partial charge < -0.3 is 0 Å². The van der Waals surface area contributed by atoms with Crippen LogP contribution >= 0.6 is 0 Å².